The second kappa shape index (κ2) is 6.81. The highest BCUT2D eigenvalue weighted by Crippen LogP contribution is 2.42. The van der Waals surface area contributed by atoms with Crippen molar-refractivity contribution in [3.05, 3.63) is 29.3 Å². The largest absolute Gasteiger partial charge is 0.491 e. The number of carboxylic acid groups (broad SMARTS) is 1. The fraction of sp³-hybridized carbons (Fsp3) is 0.588. The van der Waals surface area contributed by atoms with Gasteiger partial charge in [0.2, 0.25) is 0 Å². The van der Waals surface area contributed by atoms with Crippen LogP contribution in [0.2, 0.25) is 0 Å². The van der Waals surface area contributed by atoms with Gasteiger partial charge in [-0.1, -0.05) is 0 Å². The third-order valence-corrected chi connectivity index (χ3v) is 4.22. The third-order valence-electron chi connectivity index (χ3n) is 4.22. The van der Waals surface area contributed by atoms with Gasteiger partial charge in [0.05, 0.1) is 17.6 Å². The molecule has 23 heavy (non-hydrogen) atoms. The molecule has 0 spiro atoms. The Kier molecular flexibility index (Phi) is 5.22. The first-order chi connectivity index (χ1) is 10.7. The fourth-order valence-corrected chi connectivity index (χ4v) is 3.06. The van der Waals surface area contributed by atoms with E-state index >= 15 is 0 Å². The van der Waals surface area contributed by atoms with Gasteiger partial charge >= 0.3 is 12.1 Å². The van der Waals surface area contributed by atoms with Crippen LogP contribution in [0.25, 0.3) is 0 Å². The van der Waals surface area contributed by atoms with Gasteiger partial charge in [-0.05, 0) is 69.2 Å². The maximum absolute atomic E-state index is 13.0. The van der Waals surface area contributed by atoms with E-state index in [9.17, 15) is 18.0 Å². The maximum atomic E-state index is 13.0. The molecule has 1 aliphatic carbocycles. The summed E-state index contributed by atoms with van der Waals surface area (Å²) in [4.78, 5) is 11.0. The Morgan fingerprint density at radius 1 is 1.22 bits per heavy atom. The van der Waals surface area contributed by atoms with Crippen LogP contribution in [0.15, 0.2) is 18.2 Å². The number of rotatable bonds is 4. The molecule has 0 aromatic heterocycles. The molecule has 0 bridgehead atoms. The smallest absolute Gasteiger partial charge is 0.416 e. The quantitative estimate of drug-likeness (QED) is 0.858. The van der Waals surface area contributed by atoms with E-state index in [2.05, 4.69) is 0 Å². The van der Waals surface area contributed by atoms with E-state index in [-0.39, 0.29) is 12.0 Å². The predicted octanol–water partition coefficient (Wildman–Crippen LogP) is 4.85. The predicted molar refractivity (Wildman–Crippen MR) is 79.5 cm³/mol. The normalized spacial score (nSPS) is 22.2. The van der Waals surface area contributed by atoms with Gasteiger partial charge in [-0.25, -0.2) is 0 Å². The SMILES string of the molecule is CC(C)Oc1ccc(C(F)(F)F)cc1C1CCC(C(=O)O)CC1. The molecule has 128 valence electrons. The summed E-state index contributed by atoms with van der Waals surface area (Å²) in [5, 5.41) is 9.05. The number of aliphatic carboxylic acids is 1. The molecule has 0 radical (unpaired) electrons. The lowest BCUT2D eigenvalue weighted by molar-refractivity contribution is -0.142. The minimum absolute atomic E-state index is 0.0957. The molecule has 0 saturated heterocycles. The van der Waals surface area contributed by atoms with Crippen molar-refractivity contribution in [3.8, 4) is 5.75 Å². The van der Waals surface area contributed by atoms with Gasteiger partial charge in [0.1, 0.15) is 5.75 Å². The van der Waals surface area contributed by atoms with Crippen molar-refractivity contribution in [3.63, 3.8) is 0 Å². The summed E-state index contributed by atoms with van der Waals surface area (Å²) in [6.45, 7) is 3.64. The van der Waals surface area contributed by atoms with E-state index in [0.717, 1.165) is 12.1 Å². The second-order valence-corrected chi connectivity index (χ2v) is 6.30. The number of carboxylic acids is 1. The van der Waals surface area contributed by atoms with E-state index in [1.54, 1.807) is 0 Å². The fourth-order valence-electron chi connectivity index (χ4n) is 3.06. The van der Waals surface area contributed by atoms with Crippen LogP contribution in [0, 0.1) is 5.92 Å². The highest BCUT2D eigenvalue weighted by molar-refractivity contribution is 5.70. The van der Waals surface area contributed by atoms with Crippen molar-refractivity contribution in [1.82, 2.24) is 0 Å². The van der Waals surface area contributed by atoms with Crippen LogP contribution in [-0.2, 0) is 11.0 Å². The van der Waals surface area contributed by atoms with Crippen molar-refractivity contribution in [2.75, 3.05) is 0 Å². The zero-order valence-electron chi connectivity index (χ0n) is 13.2. The second-order valence-electron chi connectivity index (χ2n) is 6.30. The van der Waals surface area contributed by atoms with Crippen LogP contribution in [0.3, 0.4) is 0 Å². The Labute approximate surface area is 133 Å². The molecule has 0 amide bonds. The summed E-state index contributed by atoms with van der Waals surface area (Å²) in [5.74, 6) is -0.855. The summed E-state index contributed by atoms with van der Waals surface area (Å²) >= 11 is 0. The minimum atomic E-state index is -4.40. The van der Waals surface area contributed by atoms with Crippen molar-refractivity contribution in [2.45, 2.75) is 57.7 Å². The van der Waals surface area contributed by atoms with E-state index in [4.69, 9.17) is 9.84 Å². The summed E-state index contributed by atoms with van der Waals surface area (Å²) < 4.78 is 44.6. The van der Waals surface area contributed by atoms with Crippen LogP contribution in [0.5, 0.6) is 5.75 Å². The number of benzene rings is 1. The van der Waals surface area contributed by atoms with Crippen LogP contribution < -0.4 is 4.74 Å². The molecule has 0 heterocycles. The van der Waals surface area contributed by atoms with Crippen molar-refractivity contribution in [1.29, 1.82) is 0 Å². The molecule has 1 fully saturated rings. The number of halogens is 3. The molecule has 0 atom stereocenters. The van der Waals surface area contributed by atoms with Crippen molar-refractivity contribution >= 4 is 5.97 Å². The lowest BCUT2D eigenvalue weighted by Gasteiger charge is -2.28. The molecule has 6 heteroatoms. The van der Waals surface area contributed by atoms with E-state index in [1.807, 2.05) is 13.8 Å². The van der Waals surface area contributed by atoms with Gasteiger partial charge in [-0.3, -0.25) is 4.79 Å². The molecule has 0 aliphatic heterocycles. The van der Waals surface area contributed by atoms with Crippen LogP contribution >= 0.6 is 0 Å². The number of hydrogen-bond donors (Lipinski definition) is 1. The number of ether oxygens (including phenoxy) is 1. The Hall–Kier alpha value is -1.72. The lowest BCUT2D eigenvalue weighted by Crippen LogP contribution is -2.21. The minimum Gasteiger partial charge on any atom is -0.491 e. The van der Waals surface area contributed by atoms with Gasteiger partial charge in [0.15, 0.2) is 0 Å². The number of alkyl halides is 3. The average molecular weight is 330 g/mol. The standard InChI is InChI=1S/C17H21F3O3/c1-10(2)23-15-8-7-13(17(18,19)20)9-14(15)11-3-5-12(6-4-11)16(21)22/h7-12H,3-6H2,1-2H3,(H,21,22). The third kappa shape index (κ3) is 4.39. The zero-order valence-corrected chi connectivity index (χ0v) is 13.2. The molecular weight excluding hydrogens is 309 g/mol. The molecule has 1 saturated carbocycles. The van der Waals surface area contributed by atoms with Crippen molar-refractivity contribution in [2.24, 2.45) is 5.92 Å². The summed E-state index contributed by atoms with van der Waals surface area (Å²) in [6.07, 6.45) is -2.45. The molecule has 1 aromatic rings. The Bertz CT molecular complexity index is 559. The first-order valence-electron chi connectivity index (χ1n) is 7.79. The van der Waals surface area contributed by atoms with Gasteiger partial charge in [-0.15, -0.1) is 0 Å². The monoisotopic (exact) mass is 330 g/mol. The maximum Gasteiger partial charge on any atom is 0.416 e. The van der Waals surface area contributed by atoms with E-state index in [1.165, 1.54) is 6.07 Å². The molecular formula is C17H21F3O3. The highest BCUT2D eigenvalue weighted by atomic mass is 19.4. The first-order valence-corrected chi connectivity index (χ1v) is 7.79. The Balaban J connectivity index is 2.28. The Morgan fingerprint density at radius 2 is 1.83 bits per heavy atom. The van der Waals surface area contributed by atoms with Crippen LogP contribution in [0.4, 0.5) is 13.2 Å². The molecule has 3 nitrogen and oxygen atoms in total. The summed E-state index contributed by atoms with van der Waals surface area (Å²) in [7, 11) is 0. The Morgan fingerprint density at radius 3 is 2.30 bits per heavy atom. The van der Waals surface area contributed by atoms with Crippen molar-refractivity contribution < 1.29 is 27.8 Å². The van der Waals surface area contributed by atoms with Gasteiger partial charge in [0, 0.05) is 0 Å². The first kappa shape index (κ1) is 17.6. The summed E-state index contributed by atoms with van der Waals surface area (Å²) in [6, 6.07) is 3.56. The van der Waals surface area contributed by atoms with E-state index < -0.39 is 23.6 Å². The lowest BCUT2D eigenvalue weighted by atomic mass is 9.78. The highest BCUT2D eigenvalue weighted by Gasteiger charge is 2.34. The molecule has 0 unspecified atom stereocenters. The molecule has 1 aromatic carbocycles. The van der Waals surface area contributed by atoms with Gasteiger partial charge < -0.3 is 9.84 Å². The zero-order chi connectivity index (χ0) is 17.2. The number of hydrogen-bond acceptors (Lipinski definition) is 2. The van der Waals surface area contributed by atoms with E-state index in [0.29, 0.717) is 37.0 Å². The molecule has 2 rings (SSSR count). The number of carbonyl (C=O) groups is 1. The topological polar surface area (TPSA) is 46.5 Å². The molecule has 1 N–H and O–H groups in total. The summed E-state index contributed by atoms with van der Waals surface area (Å²) in [5.41, 5.74) is -0.152. The molecule has 1 aliphatic rings. The average Bonchev–Trinajstić information content (AvgIpc) is 2.46. The van der Waals surface area contributed by atoms with Crippen LogP contribution in [-0.4, -0.2) is 17.2 Å². The van der Waals surface area contributed by atoms with Crippen LogP contribution in [0.1, 0.15) is 56.6 Å². The van der Waals surface area contributed by atoms with Gasteiger partial charge in [-0.2, -0.15) is 13.2 Å². The van der Waals surface area contributed by atoms with Gasteiger partial charge in [0.25, 0.3) is 0 Å².